The lowest BCUT2D eigenvalue weighted by atomic mass is 9.95. The van der Waals surface area contributed by atoms with Gasteiger partial charge in [-0.05, 0) is 53.8 Å². The van der Waals surface area contributed by atoms with E-state index in [4.69, 9.17) is 5.73 Å². The zero-order valence-corrected chi connectivity index (χ0v) is 17.2. The second-order valence-electron chi connectivity index (χ2n) is 7.86. The van der Waals surface area contributed by atoms with Crippen LogP contribution in [0.3, 0.4) is 0 Å². The Morgan fingerprint density at radius 1 is 1.10 bits per heavy atom. The maximum atomic E-state index is 13.1. The minimum atomic E-state index is -0.490. The average molecular weight is 402 g/mol. The molecule has 1 fully saturated rings. The molecule has 3 aromatic carbocycles. The van der Waals surface area contributed by atoms with Crippen LogP contribution in [0.2, 0.25) is 0 Å². The van der Waals surface area contributed by atoms with E-state index in [0.29, 0.717) is 19.4 Å². The lowest BCUT2D eigenvalue weighted by molar-refractivity contribution is -0.138. The molecular formula is C25H27N3O2. The second-order valence-corrected chi connectivity index (χ2v) is 7.86. The predicted molar refractivity (Wildman–Crippen MR) is 120 cm³/mol. The first-order valence-electron chi connectivity index (χ1n) is 10.4. The molecule has 2 amide bonds. The third-order valence-corrected chi connectivity index (χ3v) is 5.98. The van der Waals surface area contributed by atoms with Gasteiger partial charge in [0.1, 0.15) is 6.04 Å². The van der Waals surface area contributed by atoms with E-state index in [9.17, 15) is 9.59 Å². The first-order valence-corrected chi connectivity index (χ1v) is 10.4. The van der Waals surface area contributed by atoms with Gasteiger partial charge in [0.15, 0.2) is 0 Å². The molecule has 0 aliphatic carbocycles. The number of amides is 2. The van der Waals surface area contributed by atoms with Gasteiger partial charge < -0.3 is 16.0 Å². The molecule has 0 saturated carbocycles. The summed E-state index contributed by atoms with van der Waals surface area (Å²) >= 11 is 0. The molecule has 0 unspecified atom stereocenters. The number of carbonyl (C=O) groups is 2. The fourth-order valence-electron chi connectivity index (χ4n) is 4.42. The number of nitrogens with two attached hydrogens (primary N) is 1. The Morgan fingerprint density at radius 3 is 2.67 bits per heavy atom. The lowest BCUT2D eigenvalue weighted by Crippen LogP contribution is -2.51. The summed E-state index contributed by atoms with van der Waals surface area (Å²) < 4.78 is 0. The molecule has 3 N–H and O–H groups in total. The van der Waals surface area contributed by atoms with Gasteiger partial charge in [-0.25, -0.2) is 0 Å². The van der Waals surface area contributed by atoms with Crippen LogP contribution in [0.4, 0.5) is 0 Å². The zero-order chi connectivity index (χ0) is 21.1. The van der Waals surface area contributed by atoms with Gasteiger partial charge in [0.25, 0.3) is 0 Å². The van der Waals surface area contributed by atoms with Crippen LogP contribution in [0.1, 0.15) is 18.4 Å². The van der Waals surface area contributed by atoms with Crippen molar-refractivity contribution in [2.45, 2.75) is 31.3 Å². The maximum Gasteiger partial charge on any atom is 0.240 e. The summed E-state index contributed by atoms with van der Waals surface area (Å²) in [5.74, 6) is -0.483. The fraction of sp³-hybridized carbons (Fsp3) is 0.280. The molecule has 2 atom stereocenters. The monoisotopic (exact) mass is 401 g/mol. The predicted octanol–water partition coefficient (Wildman–Crippen LogP) is 3.11. The van der Waals surface area contributed by atoms with Crippen molar-refractivity contribution < 1.29 is 9.59 Å². The standard InChI is InChI=1S/C25H27N3O2/c1-27-22(25(30)28-14-6-13-23(28)24(26)29)16-17-7-4-10-19(15-17)21-12-5-9-18-8-2-3-11-20(18)21/h2-5,7-12,15,22-23,27H,6,13-14,16H2,1H3,(H2,26,29)/t22-,23-/m0/s1. The Kier molecular flexibility index (Phi) is 5.81. The van der Waals surface area contributed by atoms with Gasteiger partial charge in [-0.3, -0.25) is 9.59 Å². The number of carbonyl (C=O) groups excluding carboxylic acids is 2. The molecule has 1 aliphatic rings. The summed E-state index contributed by atoms with van der Waals surface area (Å²) in [6.07, 6.45) is 2.01. The van der Waals surface area contributed by atoms with Crippen molar-refractivity contribution in [3.05, 3.63) is 72.3 Å². The molecule has 5 nitrogen and oxygen atoms in total. The number of likely N-dealkylation sites (N-methyl/N-ethyl adjacent to an activating group) is 1. The van der Waals surface area contributed by atoms with Crippen LogP contribution >= 0.6 is 0 Å². The van der Waals surface area contributed by atoms with Crippen molar-refractivity contribution in [1.82, 2.24) is 10.2 Å². The minimum Gasteiger partial charge on any atom is -0.368 e. The van der Waals surface area contributed by atoms with Crippen molar-refractivity contribution in [3.63, 3.8) is 0 Å². The zero-order valence-electron chi connectivity index (χ0n) is 17.2. The van der Waals surface area contributed by atoms with Crippen LogP contribution in [0.5, 0.6) is 0 Å². The van der Waals surface area contributed by atoms with Gasteiger partial charge in [-0.2, -0.15) is 0 Å². The third-order valence-electron chi connectivity index (χ3n) is 5.98. The maximum absolute atomic E-state index is 13.1. The molecule has 0 spiro atoms. The first kappa shape index (κ1) is 20.1. The highest BCUT2D eigenvalue weighted by atomic mass is 16.2. The third kappa shape index (κ3) is 3.94. The minimum absolute atomic E-state index is 0.0608. The van der Waals surface area contributed by atoms with E-state index >= 15 is 0 Å². The summed E-state index contributed by atoms with van der Waals surface area (Å²) in [5.41, 5.74) is 8.87. The number of rotatable bonds is 6. The van der Waals surface area contributed by atoms with E-state index in [2.05, 4.69) is 53.8 Å². The number of primary amides is 1. The van der Waals surface area contributed by atoms with E-state index < -0.39 is 18.0 Å². The van der Waals surface area contributed by atoms with Gasteiger partial charge >= 0.3 is 0 Å². The summed E-state index contributed by atoms with van der Waals surface area (Å²) in [6.45, 7) is 0.584. The summed E-state index contributed by atoms with van der Waals surface area (Å²) in [6, 6.07) is 22.1. The van der Waals surface area contributed by atoms with E-state index in [1.807, 2.05) is 18.2 Å². The molecule has 1 saturated heterocycles. The molecule has 1 aliphatic heterocycles. The van der Waals surface area contributed by atoms with E-state index in [1.54, 1.807) is 11.9 Å². The van der Waals surface area contributed by atoms with Crippen LogP contribution in [0, 0.1) is 0 Å². The summed E-state index contributed by atoms with van der Waals surface area (Å²) in [5, 5.41) is 5.54. The highest BCUT2D eigenvalue weighted by molar-refractivity contribution is 5.96. The highest BCUT2D eigenvalue weighted by Crippen LogP contribution is 2.29. The molecule has 0 radical (unpaired) electrons. The number of nitrogens with zero attached hydrogens (tertiary/aromatic N) is 1. The normalized spacial score (nSPS) is 17.2. The average Bonchev–Trinajstić information content (AvgIpc) is 3.27. The quantitative estimate of drug-likeness (QED) is 0.666. The lowest BCUT2D eigenvalue weighted by Gasteiger charge is -2.27. The number of fused-ring (bicyclic) bond motifs is 1. The van der Waals surface area contributed by atoms with Crippen LogP contribution in [0.15, 0.2) is 66.7 Å². The molecule has 1 heterocycles. The Labute approximate surface area is 176 Å². The Morgan fingerprint density at radius 2 is 1.87 bits per heavy atom. The Hall–Kier alpha value is -3.18. The number of nitrogens with one attached hydrogen (secondary N) is 1. The SMILES string of the molecule is CN[C@@H](Cc1cccc(-c2cccc3ccccc23)c1)C(=O)N1CCC[C@H]1C(N)=O. The Bertz CT molecular complexity index is 1070. The smallest absolute Gasteiger partial charge is 0.240 e. The van der Waals surface area contributed by atoms with Crippen LogP contribution in [0.25, 0.3) is 21.9 Å². The van der Waals surface area contributed by atoms with Crippen molar-refractivity contribution in [3.8, 4) is 11.1 Å². The molecule has 4 rings (SSSR count). The topological polar surface area (TPSA) is 75.4 Å². The van der Waals surface area contributed by atoms with E-state index in [0.717, 1.165) is 17.5 Å². The van der Waals surface area contributed by atoms with Gasteiger partial charge in [-0.15, -0.1) is 0 Å². The fourth-order valence-corrected chi connectivity index (χ4v) is 4.42. The molecule has 30 heavy (non-hydrogen) atoms. The number of benzene rings is 3. The van der Waals surface area contributed by atoms with Gasteiger partial charge in [0.2, 0.25) is 11.8 Å². The number of likely N-dealkylation sites (tertiary alicyclic amines) is 1. The largest absolute Gasteiger partial charge is 0.368 e. The Balaban J connectivity index is 1.59. The second kappa shape index (κ2) is 8.67. The van der Waals surface area contributed by atoms with Gasteiger partial charge in [0, 0.05) is 6.54 Å². The van der Waals surface area contributed by atoms with E-state index in [1.165, 1.54) is 16.3 Å². The molecule has 154 valence electrons. The van der Waals surface area contributed by atoms with E-state index in [-0.39, 0.29) is 5.91 Å². The summed E-state index contributed by atoms with van der Waals surface area (Å²) in [4.78, 5) is 26.4. The number of hydrogen-bond acceptors (Lipinski definition) is 3. The van der Waals surface area contributed by atoms with Crippen molar-refractivity contribution >= 4 is 22.6 Å². The van der Waals surface area contributed by atoms with Crippen LogP contribution in [-0.2, 0) is 16.0 Å². The molecule has 3 aromatic rings. The highest BCUT2D eigenvalue weighted by Gasteiger charge is 2.35. The number of hydrogen-bond donors (Lipinski definition) is 2. The van der Waals surface area contributed by atoms with Crippen LogP contribution in [-0.4, -0.2) is 42.4 Å². The molecule has 5 heteroatoms. The molecule has 0 aromatic heterocycles. The van der Waals surface area contributed by atoms with Crippen molar-refractivity contribution in [2.24, 2.45) is 5.73 Å². The molecular weight excluding hydrogens is 374 g/mol. The van der Waals surface area contributed by atoms with Crippen LogP contribution < -0.4 is 11.1 Å². The summed E-state index contributed by atoms with van der Waals surface area (Å²) in [7, 11) is 1.78. The van der Waals surface area contributed by atoms with Crippen molar-refractivity contribution in [2.75, 3.05) is 13.6 Å². The van der Waals surface area contributed by atoms with Gasteiger partial charge in [0.05, 0.1) is 6.04 Å². The van der Waals surface area contributed by atoms with Crippen molar-refractivity contribution in [1.29, 1.82) is 0 Å². The van der Waals surface area contributed by atoms with Gasteiger partial charge in [-0.1, -0.05) is 66.7 Å². The molecule has 0 bridgehead atoms. The first-order chi connectivity index (χ1) is 14.6.